The predicted octanol–water partition coefficient (Wildman–Crippen LogP) is 1.68. The number of sulfone groups is 1. The molecule has 3 unspecified atom stereocenters. The molecule has 3 aliphatic rings. The van der Waals surface area contributed by atoms with Gasteiger partial charge in [0.2, 0.25) is 0 Å². The lowest BCUT2D eigenvalue weighted by Gasteiger charge is -2.39. The second-order valence-corrected chi connectivity index (χ2v) is 10.1. The second-order valence-electron chi connectivity index (χ2n) is 7.76. The number of ether oxygens (including phenoxy) is 1. The topological polar surface area (TPSA) is 67.4 Å². The molecule has 6 heteroatoms. The van der Waals surface area contributed by atoms with Gasteiger partial charge in [-0.05, 0) is 63.2 Å². The molecule has 134 valence electrons. The molecule has 2 heterocycles. The van der Waals surface area contributed by atoms with Crippen molar-refractivity contribution < 1.29 is 13.2 Å². The van der Waals surface area contributed by atoms with E-state index >= 15 is 0 Å². The van der Waals surface area contributed by atoms with Crippen LogP contribution in [0.1, 0.15) is 51.4 Å². The minimum Gasteiger partial charge on any atom is -0.381 e. The Morgan fingerprint density at radius 3 is 2.52 bits per heavy atom. The summed E-state index contributed by atoms with van der Waals surface area (Å²) in [5.74, 6) is 1.31. The van der Waals surface area contributed by atoms with E-state index in [1.54, 1.807) is 0 Å². The van der Waals surface area contributed by atoms with Crippen LogP contribution in [-0.4, -0.2) is 51.9 Å². The smallest absolute Gasteiger partial charge is 0.150 e. The van der Waals surface area contributed by atoms with E-state index in [0.717, 1.165) is 45.4 Å². The predicted molar refractivity (Wildman–Crippen MR) is 92.1 cm³/mol. The summed E-state index contributed by atoms with van der Waals surface area (Å²) in [6, 6.07) is 0.557. The Morgan fingerprint density at radius 2 is 1.87 bits per heavy atom. The van der Waals surface area contributed by atoms with Gasteiger partial charge in [0, 0.05) is 25.4 Å². The maximum Gasteiger partial charge on any atom is 0.150 e. The molecule has 2 aliphatic heterocycles. The van der Waals surface area contributed by atoms with Crippen LogP contribution in [0.15, 0.2) is 0 Å². The highest BCUT2D eigenvalue weighted by atomic mass is 32.2. The summed E-state index contributed by atoms with van der Waals surface area (Å²) >= 11 is 0. The van der Waals surface area contributed by atoms with E-state index in [1.807, 2.05) is 0 Å². The molecule has 0 spiro atoms. The molecule has 23 heavy (non-hydrogen) atoms. The SMILES string of the molecule is CS(=O)(=O)C1CCC(C2CCCC(NCC3CCOC3)N2)CC1. The monoisotopic (exact) mass is 344 g/mol. The van der Waals surface area contributed by atoms with Crippen molar-refractivity contribution in [2.45, 2.75) is 68.8 Å². The average molecular weight is 345 g/mol. The molecule has 3 fully saturated rings. The molecule has 0 amide bonds. The van der Waals surface area contributed by atoms with Gasteiger partial charge in [-0.3, -0.25) is 5.32 Å². The van der Waals surface area contributed by atoms with Crippen molar-refractivity contribution in [2.24, 2.45) is 11.8 Å². The Kier molecular flexibility index (Phi) is 5.99. The highest BCUT2D eigenvalue weighted by Gasteiger charge is 2.34. The van der Waals surface area contributed by atoms with Gasteiger partial charge in [-0.25, -0.2) is 8.42 Å². The molecule has 3 rings (SSSR count). The summed E-state index contributed by atoms with van der Waals surface area (Å²) in [5.41, 5.74) is 0. The Labute approximate surface area is 140 Å². The first kappa shape index (κ1) is 17.6. The van der Waals surface area contributed by atoms with Crippen LogP contribution >= 0.6 is 0 Å². The Morgan fingerprint density at radius 1 is 1.09 bits per heavy atom. The van der Waals surface area contributed by atoms with E-state index in [-0.39, 0.29) is 5.25 Å². The van der Waals surface area contributed by atoms with Crippen molar-refractivity contribution in [1.29, 1.82) is 0 Å². The number of rotatable bonds is 5. The van der Waals surface area contributed by atoms with Gasteiger partial charge < -0.3 is 10.1 Å². The van der Waals surface area contributed by atoms with Gasteiger partial charge in [0.1, 0.15) is 9.84 Å². The number of hydrogen-bond acceptors (Lipinski definition) is 5. The van der Waals surface area contributed by atoms with Gasteiger partial charge in [0.05, 0.1) is 18.0 Å². The minimum absolute atomic E-state index is 0.0985. The quantitative estimate of drug-likeness (QED) is 0.794. The van der Waals surface area contributed by atoms with E-state index in [2.05, 4.69) is 10.6 Å². The fourth-order valence-electron chi connectivity index (χ4n) is 4.47. The minimum atomic E-state index is -2.85. The third-order valence-corrected chi connectivity index (χ3v) is 7.68. The second kappa shape index (κ2) is 7.81. The Bertz CT molecular complexity index is 468. The van der Waals surface area contributed by atoms with Crippen molar-refractivity contribution >= 4 is 9.84 Å². The van der Waals surface area contributed by atoms with Gasteiger partial charge in [0.25, 0.3) is 0 Å². The van der Waals surface area contributed by atoms with E-state index in [9.17, 15) is 8.42 Å². The standard InChI is InChI=1S/C17H32N2O3S/c1-23(20,21)15-7-5-14(6-8-15)16-3-2-4-17(19-16)18-11-13-9-10-22-12-13/h13-19H,2-12H2,1H3. The van der Waals surface area contributed by atoms with Gasteiger partial charge >= 0.3 is 0 Å². The molecule has 0 aromatic carbocycles. The van der Waals surface area contributed by atoms with Crippen LogP contribution in [0, 0.1) is 11.8 Å². The van der Waals surface area contributed by atoms with Crippen molar-refractivity contribution in [2.75, 3.05) is 26.0 Å². The van der Waals surface area contributed by atoms with Crippen molar-refractivity contribution in [3.8, 4) is 0 Å². The first-order chi connectivity index (χ1) is 11.0. The average Bonchev–Trinajstić information content (AvgIpc) is 3.06. The van der Waals surface area contributed by atoms with Crippen LogP contribution in [0.25, 0.3) is 0 Å². The van der Waals surface area contributed by atoms with E-state index in [4.69, 9.17) is 4.74 Å². The maximum absolute atomic E-state index is 11.7. The molecule has 0 bridgehead atoms. The third-order valence-electron chi connectivity index (χ3n) is 5.99. The zero-order valence-electron chi connectivity index (χ0n) is 14.3. The largest absolute Gasteiger partial charge is 0.381 e. The van der Waals surface area contributed by atoms with Crippen LogP contribution in [-0.2, 0) is 14.6 Å². The van der Waals surface area contributed by atoms with Gasteiger partial charge in [-0.2, -0.15) is 0 Å². The summed E-state index contributed by atoms with van der Waals surface area (Å²) in [5, 5.41) is 7.38. The molecule has 1 aliphatic carbocycles. The van der Waals surface area contributed by atoms with Crippen LogP contribution < -0.4 is 10.6 Å². The van der Waals surface area contributed by atoms with Gasteiger partial charge in [-0.1, -0.05) is 0 Å². The number of piperidine rings is 1. The lowest BCUT2D eigenvalue weighted by molar-refractivity contribution is 0.172. The Balaban J connectivity index is 1.43. The molecule has 0 radical (unpaired) electrons. The lowest BCUT2D eigenvalue weighted by atomic mass is 9.80. The summed E-state index contributed by atoms with van der Waals surface area (Å²) in [6.07, 6.45) is 10.5. The van der Waals surface area contributed by atoms with Crippen LogP contribution in [0.2, 0.25) is 0 Å². The summed E-state index contributed by atoms with van der Waals surface area (Å²) in [7, 11) is -2.85. The first-order valence-electron chi connectivity index (χ1n) is 9.28. The molecule has 3 atom stereocenters. The van der Waals surface area contributed by atoms with E-state index < -0.39 is 9.84 Å². The van der Waals surface area contributed by atoms with Crippen LogP contribution in [0.5, 0.6) is 0 Å². The molecular formula is C17H32N2O3S. The lowest BCUT2D eigenvalue weighted by Crippen LogP contribution is -2.54. The Hall–Kier alpha value is -0.170. The molecular weight excluding hydrogens is 312 g/mol. The highest BCUT2D eigenvalue weighted by molar-refractivity contribution is 7.91. The maximum atomic E-state index is 11.7. The first-order valence-corrected chi connectivity index (χ1v) is 11.2. The number of hydrogen-bond donors (Lipinski definition) is 2. The zero-order chi connectivity index (χ0) is 16.3. The summed E-state index contributed by atoms with van der Waals surface area (Å²) in [4.78, 5) is 0. The fourth-order valence-corrected chi connectivity index (χ4v) is 5.60. The summed E-state index contributed by atoms with van der Waals surface area (Å²) < 4.78 is 28.8. The number of nitrogens with one attached hydrogen (secondary N) is 2. The fraction of sp³-hybridized carbons (Fsp3) is 1.00. The van der Waals surface area contributed by atoms with Crippen LogP contribution in [0.3, 0.4) is 0 Å². The molecule has 2 saturated heterocycles. The molecule has 0 aromatic heterocycles. The summed E-state index contributed by atoms with van der Waals surface area (Å²) in [6.45, 7) is 2.86. The van der Waals surface area contributed by atoms with Crippen molar-refractivity contribution in [3.63, 3.8) is 0 Å². The van der Waals surface area contributed by atoms with E-state index in [0.29, 0.717) is 24.0 Å². The molecule has 2 N–H and O–H groups in total. The normalized spacial score (nSPS) is 39.4. The molecule has 0 aromatic rings. The van der Waals surface area contributed by atoms with Crippen molar-refractivity contribution in [3.05, 3.63) is 0 Å². The third kappa shape index (κ3) is 4.91. The highest BCUT2D eigenvalue weighted by Crippen LogP contribution is 2.33. The van der Waals surface area contributed by atoms with Gasteiger partial charge in [-0.15, -0.1) is 0 Å². The zero-order valence-corrected chi connectivity index (χ0v) is 15.1. The van der Waals surface area contributed by atoms with Gasteiger partial charge in [0.15, 0.2) is 0 Å². The molecule has 5 nitrogen and oxygen atoms in total. The van der Waals surface area contributed by atoms with Crippen molar-refractivity contribution in [1.82, 2.24) is 10.6 Å². The van der Waals surface area contributed by atoms with Crippen LogP contribution in [0.4, 0.5) is 0 Å². The van der Waals surface area contributed by atoms with E-state index in [1.165, 1.54) is 31.9 Å². The molecule has 1 saturated carbocycles.